The lowest BCUT2D eigenvalue weighted by Gasteiger charge is -2.37. The number of piperidine rings is 1. The van der Waals surface area contributed by atoms with Crippen molar-refractivity contribution in [3.63, 3.8) is 0 Å². The molecule has 0 aromatic carbocycles. The quantitative estimate of drug-likeness (QED) is 0.713. The standard InChI is InChI=1S/C20H31FN2O3S/c1-7-11-22-12-9-8-10-15(22)18(24)23(19(25)26-20(4,5)6)16-13(2)17(21)27-14(16)3/h15H,7-12H2,1-6H3. The second-order valence-electron chi connectivity index (χ2n) is 8.11. The van der Waals surface area contributed by atoms with Crippen LogP contribution in [0.5, 0.6) is 0 Å². The van der Waals surface area contributed by atoms with Crippen molar-refractivity contribution in [3.05, 3.63) is 15.6 Å². The third-order valence-electron chi connectivity index (χ3n) is 4.66. The number of aryl methyl sites for hydroxylation is 1. The third-order valence-corrected chi connectivity index (χ3v) is 5.64. The van der Waals surface area contributed by atoms with Crippen LogP contribution < -0.4 is 4.90 Å². The Hall–Kier alpha value is -1.47. The van der Waals surface area contributed by atoms with Crippen LogP contribution in [-0.4, -0.2) is 41.6 Å². The van der Waals surface area contributed by atoms with Gasteiger partial charge in [-0.25, -0.2) is 9.69 Å². The van der Waals surface area contributed by atoms with E-state index in [1.165, 1.54) is 0 Å². The molecule has 2 amide bonds. The molecule has 1 aromatic rings. The van der Waals surface area contributed by atoms with Gasteiger partial charge in [-0.1, -0.05) is 13.3 Å². The van der Waals surface area contributed by atoms with Crippen molar-refractivity contribution in [1.82, 2.24) is 4.90 Å². The minimum Gasteiger partial charge on any atom is -0.443 e. The summed E-state index contributed by atoms with van der Waals surface area (Å²) in [7, 11) is 0. The van der Waals surface area contributed by atoms with Gasteiger partial charge < -0.3 is 4.74 Å². The smallest absolute Gasteiger partial charge is 0.421 e. The van der Waals surface area contributed by atoms with Crippen LogP contribution in [0.1, 0.15) is 63.8 Å². The number of halogens is 1. The number of likely N-dealkylation sites (tertiary alicyclic amines) is 1. The second-order valence-corrected chi connectivity index (χ2v) is 9.28. The van der Waals surface area contributed by atoms with Crippen molar-refractivity contribution < 1.29 is 18.7 Å². The maximum Gasteiger partial charge on any atom is 0.421 e. The molecule has 0 N–H and O–H groups in total. The molecule has 1 unspecified atom stereocenters. The molecule has 1 aliphatic rings. The van der Waals surface area contributed by atoms with E-state index in [2.05, 4.69) is 11.8 Å². The van der Waals surface area contributed by atoms with Crippen LogP contribution in [0.3, 0.4) is 0 Å². The van der Waals surface area contributed by atoms with Crippen molar-refractivity contribution >= 4 is 29.0 Å². The summed E-state index contributed by atoms with van der Waals surface area (Å²) < 4.78 is 19.7. The summed E-state index contributed by atoms with van der Waals surface area (Å²) in [5, 5.41) is -0.377. The van der Waals surface area contributed by atoms with Gasteiger partial charge in [-0.3, -0.25) is 9.69 Å². The summed E-state index contributed by atoms with van der Waals surface area (Å²) in [4.78, 5) is 30.3. The topological polar surface area (TPSA) is 49.9 Å². The summed E-state index contributed by atoms with van der Waals surface area (Å²) in [6.07, 6.45) is 2.87. The molecule has 1 fully saturated rings. The molecule has 0 spiro atoms. The van der Waals surface area contributed by atoms with E-state index in [-0.39, 0.29) is 17.1 Å². The number of imide groups is 1. The van der Waals surface area contributed by atoms with Gasteiger partial charge in [0.2, 0.25) is 0 Å². The average molecular weight is 399 g/mol. The summed E-state index contributed by atoms with van der Waals surface area (Å²) in [5.74, 6) is -0.318. The van der Waals surface area contributed by atoms with Gasteiger partial charge >= 0.3 is 6.09 Å². The maximum absolute atomic E-state index is 14.2. The Kier molecular flexibility index (Phi) is 7.03. The summed E-state index contributed by atoms with van der Waals surface area (Å²) >= 11 is 0.953. The van der Waals surface area contributed by atoms with E-state index in [0.29, 0.717) is 22.5 Å². The van der Waals surface area contributed by atoms with E-state index in [1.807, 2.05) is 0 Å². The van der Waals surface area contributed by atoms with Crippen molar-refractivity contribution in [2.24, 2.45) is 0 Å². The molecule has 0 saturated carbocycles. The Bertz CT molecular complexity index is 694. The number of anilines is 1. The fourth-order valence-electron chi connectivity index (χ4n) is 3.52. The molecule has 7 heteroatoms. The van der Waals surface area contributed by atoms with Crippen LogP contribution >= 0.6 is 11.3 Å². The molecule has 27 heavy (non-hydrogen) atoms. The summed E-state index contributed by atoms with van der Waals surface area (Å²) in [5.41, 5.74) is -0.102. The van der Waals surface area contributed by atoms with Crippen molar-refractivity contribution in [1.29, 1.82) is 0 Å². The molecule has 1 aliphatic heterocycles. The highest BCUT2D eigenvalue weighted by molar-refractivity contribution is 7.11. The molecule has 2 heterocycles. The first-order chi connectivity index (χ1) is 12.6. The van der Waals surface area contributed by atoms with Crippen LogP contribution in [0.2, 0.25) is 0 Å². The molecule has 0 bridgehead atoms. The molecule has 0 radical (unpaired) electrons. The van der Waals surface area contributed by atoms with Crippen LogP contribution in [-0.2, 0) is 9.53 Å². The number of carbonyl (C=O) groups is 2. The first-order valence-corrected chi connectivity index (χ1v) is 10.4. The Morgan fingerprint density at radius 1 is 1.30 bits per heavy atom. The Morgan fingerprint density at radius 3 is 2.48 bits per heavy atom. The third kappa shape index (κ3) is 5.08. The van der Waals surface area contributed by atoms with Gasteiger partial charge in [0.05, 0.1) is 11.7 Å². The highest BCUT2D eigenvalue weighted by Gasteiger charge is 2.39. The van der Waals surface area contributed by atoms with Gasteiger partial charge in [0.1, 0.15) is 5.60 Å². The zero-order valence-corrected chi connectivity index (χ0v) is 18.0. The summed E-state index contributed by atoms with van der Waals surface area (Å²) in [6, 6.07) is -0.382. The number of hydrogen-bond donors (Lipinski definition) is 0. The van der Waals surface area contributed by atoms with Gasteiger partial charge in [0.25, 0.3) is 5.91 Å². The monoisotopic (exact) mass is 398 g/mol. The molecule has 5 nitrogen and oxygen atoms in total. The predicted molar refractivity (Wildman–Crippen MR) is 107 cm³/mol. The minimum atomic E-state index is -0.748. The lowest BCUT2D eigenvalue weighted by molar-refractivity contribution is -0.124. The van der Waals surface area contributed by atoms with Gasteiger partial charge in [-0.2, -0.15) is 4.39 Å². The maximum atomic E-state index is 14.2. The Morgan fingerprint density at radius 2 is 1.96 bits per heavy atom. The fourth-order valence-corrected chi connectivity index (χ4v) is 4.37. The van der Waals surface area contributed by atoms with E-state index in [1.54, 1.807) is 34.6 Å². The zero-order valence-electron chi connectivity index (χ0n) is 17.2. The van der Waals surface area contributed by atoms with Crippen molar-refractivity contribution in [3.8, 4) is 0 Å². The van der Waals surface area contributed by atoms with E-state index in [0.717, 1.165) is 48.6 Å². The molecule has 0 aliphatic carbocycles. The fraction of sp³-hybridized carbons (Fsp3) is 0.700. The van der Waals surface area contributed by atoms with E-state index >= 15 is 0 Å². The van der Waals surface area contributed by atoms with E-state index in [4.69, 9.17) is 4.74 Å². The van der Waals surface area contributed by atoms with Gasteiger partial charge in [-0.05, 0) is 67.0 Å². The number of nitrogens with zero attached hydrogens (tertiary/aromatic N) is 2. The number of rotatable bonds is 4. The lowest BCUT2D eigenvalue weighted by atomic mass is 10.00. The predicted octanol–water partition coefficient (Wildman–Crippen LogP) is 5.04. The summed E-state index contributed by atoms with van der Waals surface area (Å²) in [6.45, 7) is 12.3. The molecule has 1 saturated heterocycles. The van der Waals surface area contributed by atoms with Crippen LogP contribution in [0.4, 0.5) is 14.9 Å². The molecular weight excluding hydrogens is 367 g/mol. The molecule has 2 rings (SSSR count). The van der Waals surface area contributed by atoms with Crippen molar-refractivity contribution in [2.75, 3.05) is 18.0 Å². The lowest BCUT2D eigenvalue weighted by Crippen LogP contribution is -2.54. The number of amides is 2. The van der Waals surface area contributed by atoms with E-state index in [9.17, 15) is 14.0 Å². The first-order valence-electron chi connectivity index (χ1n) is 9.63. The normalized spacial score (nSPS) is 18.4. The number of hydrogen-bond acceptors (Lipinski definition) is 5. The molecular formula is C20H31FN2O3S. The molecule has 1 aromatic heterocycles. The Balaban J connectivity index is 2.45. The van der Waals surface area contributed by atoms with E-state index < -0.39 is 11.7 Å². The van der Waals surface area contributed by atoms with Gasteiger partial charge in [0.15, 0.2) is 5.13 Å². The SMILES string of the molecule is CCCN1CCCCC1C(=O)N(C(=O)OC(C)(C)C)c1c(C)sc(F)c1C. The number of carbonyl (C=O) groups excluding carboxylic acids is 2. The average Bonchev–Trinajstić information content (AvgIpc) is 2.80. The minimum absolute atomic E-state index is 0.314. The highest BCUT2D eigenvalue weighted by Crippen LogP contribution is 2.36. The van der Waals surface area contributed by atoms with Crippen LogP contribution in [0.15, 0.2) is 0 Å². The molecule has 1 atom stereocenters. The van der Waals surface area contributed by atoms with Crippen LogP contribution in [0, 0.1) is 19.0 Å². The number of ether oxygens (including phenoxy) is 1. The first kappa shape index (κ1) is 21.8. The second kappa shape index (κ2) is 8.69. The zero-order chi connectivity index (χ0) is 20.4. The largest absolute Gasteiger partial charge is 0.443 e. The Labute approximate surface area is 165 Å². The van der Waals surface area contributed by atoms with Gasteiger partial charge in [0, 0.05) is 10.4 Å². The molecule has 152 valence electrons. The van der Waals surface area contributed by atoms with Crippen molar-refractivity contribution in [2.45, 2.75) is 78.9 Å². The highest BCUT2D eigenvalue weighted by atomic mass is 32.1. The van der Waals surface area contributed by atoms with Gasteiger partial charge in [-0.15, -0.1) is 11.3 Å². The number of thiophene rings is 1. The van der Waals surface area contributed by atoms with Crippen LogP contribution in [0.25, 0.3) is 0 Å².